The van der Waals surface area contributed by atoms with Gasteiger partial charge in [-0.05, 0) is 38.8 Å². The molecule has 10 heteroatoms. The summed E-state index contributed by atoms with van der Waals surface area (Å²) in [5.41, 5.74) is 1.96. The second kappa shape index (κ2) is 12.7. The molecule has 5 N–H and O–H groups in total. The largest absolute Gasteiger partial charge is 0.480 e. The van der Waals surface area contributed by atoms with Crippen molar-refractivity contribution in [3.05, 3.63) is 0 Å². The first kappa shape index (κ1) is 24.3. The van der Waals surface area contributed by atoms with Gasteiger partial charge in [0.05, 0.1) is 0 Å². The fraction of sp³-hybridized carbons (Fsp3) is 0.833. The number of hydroxylamine groups is 1. The van der Waals surface area contributed by atoms with Crippen LogP contribution in [0.25, 0.3) is 0 Å². The second-order valence-electron chi connectivity index (χ2n) is 7.66. The van der Waals surface area contributed by atoms with Gasteiger partial charge in [-0.1, -0.05) is 13.8 Å². The number of piperazine rings is 1. The number of likely N-dealkylation sites (N-methyl/N-ethyl adjacent to an activating group) is 1. The Labute approximate surface area is 166 Å². The molecule has 0 radical (unpaired) electrons. The normalized spacial score (nSPS) is 17.9. The molecule has 162 valence electrons. The third kappa shape index (κ3) is 8.96. The molecule has 0 spiro atoms. The number of nitrogens with zero attached hydrogens (tertiary/aromatic N) is 2. The lowest BCUT2D eigenvalue weighted by molar-refractivity contribution is -0.138. The summed E-state index contributed by atoms with van der Waals surface area (Å²) >= 11 is 0. The van der Waals surface area contributed by atoms with Crippen molar-refractivity contribution in [2.45, 2.75) is 45.2 Å². The summed E-state index contributed by atoms with van der Waals surface area (Å²) in [7, 11) is 2.10. The highest BCUT2D eigenvalue weighted by atomic mass is 16.5. The van der Waals surface area contributed by atoms with Crippen LogP contribution >= 0.6 is 0 Å². The Kier molecular flexibility index (Phi) is 11.0. The lowest BCUT2D eigenvalue weighted by atomic mass is 10.0. The monoisotopic (exact) mass is 401 g/mol. The lowest BCUT2D eigenvalue weighted by Crippen LogP contribution is -2.54. The number of carbonyl (C=O) groups excluding carboxylic acids is 2. The summed E-state index contributed by atoms with van der Waals surface area (Å²) in [6.07, 6.45) is 2.01. The number of hydrogen-bond donors (Lipinski definition) is 5. The number of carbonyl (C=O) groups is 3. The van der Waals surface area contributed by atoms with Crippen molar-refractivity contribution in [2.24, 2.45) is 5.92 Å². The van der Waals surface area contributed by atoms with E-state index in [-0.39, 0.29) is 5.92 Å². The van der Waals surface area contributed by atoms with Gasteiger partial charge in [-0.2, -0.15) is 5.48 Å². The summed E-state index contributed by atoms with van der Waals surface area (Å²) < 4.78 is 0. The molecular formula is C18H35N5O5. The van der Waals surface area contributed by atoms with Gasteiger partial charge in [-0.25, -0.2) is 0 Å². The average molecular weight is 402 g/mol. The van der Waals surface area contributed by atoms with Gasteiger partial charge >= 0.3 is 5.97 Å². The fourth-order valence-electron chi connectivity index (χ4n) is 3.08. The van der Waals surface area contributed by atoms with E-state index in [0.29, 0.717) is 6.42 Å². The zero-order chi connectivity index (χ0) is 21.1. The van der Waals surface area contributed by atoms with Crippen LogP contribution in [-0.2, 0) is 14.4 Å². The number of nitrogens with one attached hydrogen (secondary N) is 3. The summed E-state index contributed by atoms with van der Waals surface area (Å²) in [5.74, 6) is -2.35. The van der Waals surface area contributed by atoms with Gasteiger partial charge in [0.1, 0.15) is 18.6 Å². The Morgan fingerprint density at radius 3 is 2.21 bits per heavy atom. The van der Waals surface area contributed by atoms with Gasteiger partial charge in [-0.15, -0.1) is 0 Å². The van der Waals surface area contributed by atoms with Crippen molar-refractivity contribution >= 4 is 17.8 Å². The summed E-state index contributed by atoms with van der Waals surface area (Å²) in [6.45, 7) is 8.09. The first-order valence-corrected chi connectivity index (χ1v) is 9.85. The van der Waals surface area contributed by atoms with E-state index in [1.807, 2.05) is 5.48 Å². The first-order valence-electron chi connectivity index (χ1n) is 9.85. The second-order valence-corrected chi connectivity index (χ2v) is 7.66. The highest BCUT2D eigenvalue weighted by Crippen LogP contribution is 2.08. The van der Waals surface area contributed by atoms with Crippen LogP contribution in [0.2, 0.25) is 0 Å². The van der Waals surface area contributed by atoms with E-state index in [1.54, 1.807) is 13.8 Å². The quantitative estimate of drug-likeness (QED) is 0.210. The maximum Gasteiger partial charge on any atom is 0.322 e. The van der Waals surface area contributed by atoms with Crippen LogP contribution in [0, 0.1) is 5.92 Å². The summed E-state index contributed by atoms with van der Waals surface area (Å²) in [5, 5.41) is 22.9. The van der Waals surface area contributed by atoms with Crippen molar-refractivity contribution in [3.63, 3.8) is 0 Å². The molecule has 1 aliphatic heterocycles. The zero-order valence-corrected chi connectivity index (χ0v) is 17.1. The molecule has 1 rings (SSSR count). The Bertz CT molecular complexity index is 509. The molecule has 0 aromatic rings. The van der Waals surface area contributed by atoms with Gasteiger partial charge < -0.3 is 30.7 Å². The van der Waals surface area contributed by atoms with Crippen molar-refractivity contribution in [2.75, 3.05) is 46.3 Å². The SMILES string of the molecule is CC(C)[C@H](NO)C(=O)N[C@@H](CCCCN1CCN(C)CC1)C(=O)NCC(=O)O. The number of unbranched alkanes of at least 4 members (excludes halogenated alkanes) is 1. The fourth-order valence-corrected chi connectivity index (χ4v) is 3.08. The topological polar surface area (TPSA) is 134 Å². The van der Waals surface area contributed by atoms with E-state index in [2.05, 4.69) is 27.5 Å². The number of amides is 2. The molecule has 10 nitrogen and oxygen atoms in total. The van der Waals surface area contributed by atoms with Gasteiger partial charge in [0, 0.05) is 26.2 Å². The van der Waals surface area contributed by atoms with Crippen molar-refractivity contribution in [1.82, 2.24) is 25.9 Å². The molecular weight excluding hydrogens is 366 g/mol. The van der Waals surface area contributed by atoms with Crippen LogP contribution in [0.1, 0.15) is 33.1 Å². The van der Waals surface area contributed by atoms with Crippen molar-refractivity contribution in [1.29, 1.82) is 0 Å². The zero-order valence-electron chi connectivity index (χ0n) is 17.1. The van der Waals surface area contributed by atoms with Crippen LogP contribution in [0.5, 0.6) is 0 Å². The minimum absolute atomic E-state index is 0.176. The number of rotatable bonds is 12. The molecule has 0 bridgehead atoms. The Hall–Kier alpha value is -1.75. The van der Waals surface area contributed by atoms with Crippen LogP contribution < -0.4 is 16.1 Å². The first-order chi connectivity index (χ1) is 13.2. The Morgan fingerprint density at radius 1 is 1.04 bits per heavy atom. The van der Waals surface area contributed by atoms with E-state index in [1.165, 1.54) is 0 Å². The van der Waals surface area contributed by atoms with E-state index >= 15 is 0 Å². The standard InChI is InChI=1S/C18H35N5O5/c1-13(2)16(21-28)18(27)20-14(17(26)19-12-15(24)25)6-4-5-7-23-10-8-22(3)9-11-23/h13-14,16,21,28H,4-12H2,1-3H3,(H,19,26)(H,20,27)(H,24,25)/t14-,16-/m0/s1. The number of hydrogen-bond acceptors (Lipinski definition) is 7. The van der Waals surface area contributed by atoms with Crippen molar-refractivity contribution < 1.29 is 24.7 Å². The molecule has 0 aliphatic carbocycles. The molecule has 0 saturated carbocycles. The third-order valence-electron chi connectivity index (χ3n) is 4.95. The molecule has 1 heterocycles. The highest BCUT2D eigenvalue weighted by molar-refractivity contribution is 5.91. The van der Waals surface area contributed by atoms with E-state index < -0.39 is 36.4 Å². The smallest absolute Gasteiger partial charge is 0.322 e. The molecule has 0 unspecified atom stereocenters. The molecule has 0 aromatic heterocycles. The van der Waals surface area contributed by atoms with Crippen LogP contribution in [0.15, 0.2) is 0 Å². The Balaban J connectivity index is 2.53. The van der Waals surface area contributed by atoms with E-state index in [4.69, 9.17) is 5.11 Å². The average Bonchev–Trinajstić information content (AvgIpc) is 2.63. The molecule has 2 amide bonds. The molecule has 1 aliphatic rings. The van der Waals surface area contributed by atoms with E-state index in [9.17, 15) is 19.6 Å². The summed E-state index contributed by atoms with van der Waals surface area (Å²) in [6, 6.07) is -1.69. The van der Waals surface area contributed by atoms with Gasteiger partial charge in [0.2, 0.25) is 11.8 Å². The minimum Gasteiger partial charge on any atom is -0.480 e. The predicted molar refractivity (Wildman–Crippen MR) is 104 cm³/mol. The number of carboxylic acid groups (broad SMARTS) is 1. The molecule has 2 atom stereocenters. The third-order valence-corrected chi connectivity index (χ3v) is 4.95. The Morgan fingerprint density at radius 2 is 1.68 bits per heavy atom. The molecule has 1 saturated heterocycles. The maximum atomic E-state index is 12.3. The number of carboxylic acids is 1. The van der Waals surface area contributed by atoms with Gasteiger partial charge in [0.15, 0.2) is 0 Å². The minimum atomic E-state index is -1.15. The number of aliphatic carboxylic acids is 1. The van der Waals surface area contributed by atoms with Gasteiger partial charge in [-0.3, -0.25) is 14.4 Å². The molecule has 28 heavy (non-hydrogen) atoms. The highest BCUT2D eigenvalue weighted by Gasteiger charge is 2.27. The summed E-state index contributed by atoms with van der Waals surface area (Å²) in [4.78, 5) is 40.0. The maximum absolute atomic E-state index is 12.3. The van der Waals surface area contributed by atoms with Crippen LogP contribution in [0.3, 0.4) is 0 Å². The lowest BCUT2D eigenvalue weighted by Gasteiger charge is -2.32. The van der Waals surface area contributed by atoms with E-state index in [0.717, 1.165) is 45.6 Å². The van der Waals surface area contributed by atoms with Crippen LogP contribution in [-0.4, -0.2) is 96.3 Å². The molecule has 1 fully saturated rings. The van der Waals surface area contributed by atoms with Crippen molar-refractivity contribution in [3.8, 4) is 0 Å². The van der Waals surface area contributed by atoms with Gasteiger partial charge in [0.25, 0.3) is 0 Å². The van der Waals surface area contributed by atoms with Crippen LogP contribution in [0.4, 0.5) is 0 Å². The molecule has 0 aromatic carbocycles. The predicted octanol–water partition coefficient (Wildman–Crippen LogP) is -0.907.